The minimum atomic E-state index is -4.39. The van der Waals surface area contributed by atoms with Crippen molar-refractivity contribution in [1.29, 1.82) is 0 Å². The van der Waals surface area contributed by atoms with Gasteiger partial charge in [0.15, 0.2) is 0 Å². The van der Waals surface area contributed by atoms with Gasteiger partial charge in [-0.1, -0.05) is 12.8 Å². The fourth-order valence-electron chi connectivity index (χ4n) is 3.42. The number of carboxylic acid groups (broad SMARTS) is 1. The van der Waals surface area contributed by atoms with Crippen LogP contribution in [0.2, 0.25) is 0 Å². The highest BCUT2D eigenvalue weighted by Crippen LogP contribution is 2.40. The first-order chi connectivity index (χ1) is 9.29. The van der Waals surface area contributed by atoms with E-state index >= 15 is 0 Å². The van der Waals surface area contributed by atoms with Crippen molar-refractivity contribution in [2.24, 2.45) is 5.92 Å². The van der Waals surface area contributed by atoms with Crippen molar-refractivity contribution in [3.05, 3.63) is 0 Å². The van der Waals surface area contributed by atoms with E-state index in [0.29, 0.717) is 12.8 Å². The summed E-state index contributed by atoms with van der Waals surface area (Å²) in [6.07, 6.45) is -2.40. The summed E-state index contributed by atoms with van der Waals surface area (Å²) in [6, 6.07) is -1.14. The molecule has 2 rings (SSSR count). The van der Waals surface area contributed by atoms with E-state index in [4.69, 9.17) is 0 Å². The van der Waals surface area contributed by atoms with Gasteiger partial charge in [0.25, 0.3) is 0 Å². The van der Waals surface area contributed by atoms with Gasteiger partial charge < -0.3 is 10.0 Å². The third-order valence-electron chi connectivity index (χ3n) is 4.28. The van der Waals surface area contributed by atoms with Crippen molar-refractivity contribution in [2.75, 3.05) is 0 Å². The van der Waals surface area contributed by atoms with E-state index in [9.17, 15) is 27.9 Å². The fourth-order valence-corrected chi connectivity index (χ4v) is 3.42. The van der Waals surface area contributed by atoms with E-state index in [-0.39, 0.29) is 12.0 Å². The largest absolute Gasteiger partial charge is 0.480 e. The lowest BCUT2D eigenvalue weighted by Crippen LogP contribution is -2.46. The van der Waals surface area contributed by atoms with Crippen LogP contribution >= 0.6 is 0 Å². The zero-order chi connectivity index (χ0) is 14.9. The lowest BCUT2D eigenvalue weighted by molar-refractivity contribution is -0.156. The molecule has 1 saturated carbocycles. The summed E-state index contributed by atoms with van der Waals surface area (Å²) in [5.41, 5.74) is 0. The first-order valence-corrected chi connectivity index (χ1v) is 6.90. The Kier molecular flexibility index (Phi) is 4.25. The second-order valence-electron chi connectivity index (χ2n) is 5.62. The molecular formula is C13H18F3NO3. The highest BCUT2D eigenvalue weighted by atomic mass is 19.4. The Morgan fingerprint density at radius 1 is 1.20 bits per heavy atom. The molecule has 0 radical (unpaired) electrons. The molecule has 114 valence electrons. The molecule has 1 saturated heterocycles. The number of aliphatic carboxylic acids is 1. The molecule has 0 bridgehead atoms. The van der Waals surface area contributed by atoms with Gasteiger partial charge in [-0.3, -0.25) is 4.79 Å². The summed E-state index contributed by atoms with van der Waals surface area (Å²) in [5, 5.41) is 9.19. The molecule has 3 atom stereocenters. The molecule has 4 nitrogen and oxygen atoms in total. The average molecular weight is 293 g/mol. The van der Waals surface area contributed by atoms with Crippen molar-refractivity contribution in [3.63, 3.8) is 0 Å². The van der Waals surface area contributed by atoms with Crippen LogP contribution in [0.1, 0.15) is 44.9 Å². The first kappa shape index (κ1) is 15.1. The van der Waals surface area contributed by atoms with Crippen LogP contribution < -0.4 is 0 Å². The highest BCUT2D eigenvalue weighted by Gasteiger charge is 2.47. The number of carbonyl (C=O) groups is 2. The minimum Gasteiger partial charge on any atom is -0.480 e. The molecule has 1 amide bonds. The van der Waals surface area contributed by atoms with Gasteiger partial charge >= 0.3 is 12.1 Å². The van der Waals surface area contributed by atoms with Crippen LogP contribution in [0.4, 0.5) is 13.2 Å². The van der Waals surface area contributed by atoms with Gasteiger partial charge in [0.05, 0.1) is 6.42 Å². The van der Waals surface area contributed by atoms with Crippen LogP contribution in [0, 0.1) is 5.92 Å². The second-order valence-corrected chi connectivity index (χ2v) is 5.62. The molecule has 0 unspecified atom stereocenters. The summed E-state index contributed by atoms with van der Waals surface area (Å²) in [4.78, 5) is 24.5. The molecular weight excluding hydrogens is 275 g/mol. The number of amides is 1. The summed E-state index contributed by atoms with van der Waals surface area (Å²) in [7, 11) is 0. The van der Waals surface area contributed by atoms with Crippen LogP contribution in [0.25, 0.3) is 0 Å². The van der Waals surface area contributed by atoms with Crippen LogP contribution in [0.15, 0.2) is 0 Å². The Labute approximate surface area is 114 Å². The lowest BCUT2D eigenvalue weighted by Gasteiger charge is -2.33. The Bertz CT molecular complexity index is 397. The Balaban J connectivity index is 2.08. The Hall–Kier alpha value is -1.27. The molecule has 20 heavy (non-hydrogen) atoms. The molecule has 1 aliphatic heterocycles. The van der Waals surface area contributed by atoms with E-state index < -0.39 is 36.9 Å². The summed E-state index contributed by atoms with van der Waals surface area (Å²) in [6.45, 7) is 0. The maximum absolute atomic E-state index is 12.2. The van der Waals surface area contributed by atoms with Gasteiger partial charge in [-0.2, -0.15) is 13.2 Å². The molecule has 0 aromatic carbocycles. The van der Waals surface area contributed by atoms with Crippen molar-refractivity contribution in [2.45, 2.75) is 63.2 Å². The normalized spacial score (nSPS) is 30.1. The lowest BCUT2D eigenvalue weighted by atomic mass is 9.84. The van der Waals surface area contributed by atoms with Crippen LogP contribution in [0.3, 0.4) is 0 Å². The van der Waals surface area contributed by atoms with Gasteiger partial charge in [0, 0.05) is 12.5 Å². The number of likely N-dealkylation sites (tertiary alicyclic amines) is 1. The van der Waals surface area contributed by atoms with Crippen LogP contribution in [-0.2, 0) is 9.59 Å². The average Bonchev–Trinajstić information content (AvgIpc) is 2.74. The molecule has 0 aromatic heterocycles. The summed E-state index contributed by atoms with van der Waals surface area (Å²) in [5.74, 6) is -1.66. The third kappa shape index (κ3) is 3.24. The number of carboxylic acids is 1. The molecule has 1 N–H and O–H groups in total. The maximum atomic E-state index is 12.2. The van der Waals surface area contributed by atoms with Crippen LogP contribution in [-0.4, -0.2) is 40.1 Å². The number of hydrogen-bond donors (Lipinski definition) is 1. The summed E-state index contributed by atoms with van der Waals surface area (Å²) >= 11 is 0. The van der Waals surface area contributed by atoms with Gasteiger partial charge in [-0.25, -0.2) is 4.79 Å². The minimum absolute atomic E-state index is 0.125. The first-order valence-electron chi connectivity index (χ1n) is 6.90. The van der Waals surface area contributed by atoms with Crippen molar-refractivity contribution >= 4 is 11.9 Å². The fraction of sp³-hybridized carbons (Fsp3) is 0.846. The third-order valence-corrected chi connectivity index (χ3v) is 4.28. The van der Waals surface area contributed by atoms with Gasteiger partial charge in [-0.15, -0.1) is 0 Å². The molecule has 7 heteroatoms. The standard InChI is InChI=1S/C13H18F3NO3/c14-13(15,16)6-5-11(18)17-9-4-2-1-3-8(9)7-10(17)12(19)20/h8-10H,1-7H2,(H,19,20)/t8-,9-,10-/m0/s1. The van der Waals surface area contributed by atoms with E-state index in [1.807, 2.05) is 0 Å². The van der Waals surface area contributed by atoms with Crippen molar-refractivity contribution < 1.29 is 27.9 Å². The number of alkyl halides is 3. The number of carbonyl (C=O) groups excluding carboxylic acids is 1. The smallest absolute Gasteiger partial charge is 0.389 e. The predicted octanol–water partition coefficient (Wildman–Crippen LogP) is 2.57. The molecule has 2 fully saturated rings. The highest BCUT2D eigenvalue weighted by molar-refractivity contribution is 5.84. The van der Waals surface area contributed by atoms with E-state index in [1.165, 1.54) is 4.90 Å². The van der Waals surface area contributed by atoms with Gasteiger partial charge in [0.2, 0.25) is 5.91 Å². The number of hydrogen-bond acceptors (Lipinski definition) is 2. The zero-order valence-electron chi connectivity index (χ0n) is 11.0. The second kappa shape index (κ2) is 5.61. The maximum Gasteiger partial charge on any atom is 0.389 e. The zero-order valence-corrected chi connectivity index (χ0v) is 11.0. The quantitative estimate of drug-likeness (QED) is 0.870. The van der Waals surface area contributed by atoms with Gasteiger partial charge in [0.1, 0.15) is 6.04 Å². The SMILES string of the molecule is O=C(O)[C@@H]1C[C@@H]2CCCC[C@@H]2N1C(=O)CCC(F)(F)F. The number of fused-ring (bicyclic) bond motifs is 1. The molecule has 1 aliphatic carbocycles. The van der Waals surface area contributed by atoms with Crippen molar-refractivity contribution in [1.82, 2.24) is 4.90 Å². The Morgan fingerprint density at radius 2 is 1.85 bits per heavy atom. The Morgan fingerprint density at radius 3 is 2.45 bits per heavy atom. The monoisotopic (exact) mass is 293 g/mol. The molecule has 1 heterocycles. The van der Waals surface area contributed by atoms with Crippen LogP contribution in [0.5, 0.6) is 0 Å². The number of nitrogens with zero attached hydrogens (tertiary/aromatic N) is 1. The summed E-state index contributed by atoms with van der Waals surface area (Å²) < 4.78 is 36.6. The van der Waals surface area contributed by atoms with Crippen molar-refractivity contribution in [3.8, 4) is 0 Å². The molecule has 0 spiro atoms. The predicted molar refractivity (Wildman–Crippen MR) is 63.9 cm³/mol. The topological polar surface area (TPSA) is 57.6 Å². The number of rotatable bonds is 3. The number of halogens is 3. The van der Waals surface area contributed by atoms with E-state index in [0.717, 1.165) is 19.3 Å². The van der Waals surface area contributed by atoms with E-state index in [2.05, 4.69) is 0 Å². The molecule has 0 aromatic rings. The van der Waals surface area contributed by atoms with Gasteiger partial charge in [-0.05, 0) is 25.2 Å². The molecule has 2 aliphatic rings. The van der Waals surface area contributed by atoms with E-state index in [1.54, 1.807) is 0 Å².